The average molecular weight is 265 g/mol. The van der Waals surface area contributed by atoms with Crippen LogP contribution in [0.25, 0.3) is 0 Å². The predicted octanol–water partition coefficient (Wildman–Crippen LogP) is 3.29. The van der Waals surface area contributed by atoms with E-state index in [1.807, 2.05) is 6.92 Å². The summed E-state index contributed by atoms with van der Waals surface area (Å²) < 4.78 is 5.48. The zero-order valence-corrected chi connectivity index (χ0v) is 12.2. The molecule has 1 aromatic carbocycles. The molecule has 0 saturated carbocycles. The third-order valence-electron chi connectivity index (χ3n) is 3.31. The highest BCUT2D eigenvalue weighted by molar-refractivity contribution is 5.67. The van der Waals surface area contributed by atoms with Crippen molar-refractivity contribution in [2.24, 2.45) is 0 Å². The maximum absolute atomic E-state index is 10.4. The Hall–Kier alpha value is -1.71. The summed E-state index contributed by atoms with van der Waals surface area (Å²) in [4.78, 5) is 10.4. The molecule has 0 bridgehead atoms. The van der Waals surface area contributed by atoms with Crippen LogP contribution < -0.4 is 10.1 Å². The van der Waals surface area contributed by atoms with Crippen molar-refractivity contribution in [1.29, 1.82) is 0 Å². The van der Waals surface area contributed by atoms with Gasteiger partial charge in [-0.25, -0.2) is 0 Å². The van der Waals surface area contributed by atoms with Crippen LogP contribution in [0.3, 0.4) is 0 Å². The number of carbonyl (C=O) groups is 1. The molecule has 1 aromatic rings. The highest BCUT2D eigenvalue weighted by Gasteiger charge is 2.11. The molecular formula is C15H23NO3. The SMILES string of the molecule is COc1c(C)c(C)cc(C)c1NCCCCC(=O)O. The smallest absolute Gasteiger partial charge is 0.303 e. The van der Waals surface area contributed by atoms with Crippen LogP contribution in [0, 0.1) is 20.8 Å². The number of unbranched alkanes of at least 4 members (excludes halogenated alkanes) is 1. The van der Waals surface area contributed by atoms with E-state index in [4.69, 9.17) is 9.84 Å². The zero-order chi connectivity index (χ0) is 14.4. The molecule has 0 fully saturated rings. The van der Waals surface area contributed by atoms with Crippen molar-refractivity contribution in [1.82, 2.24) is 0 Å². The van der Waals surface area contributed by atoms with E-state index in [1.54, 1.807) is 7.11 Å². The van der Waals surface area contributed by atoms with Gasteiger partial charge in [-0.15, -0.1) is 0 Å². The summed E-state index contributed by atoms with van der Waals surface area (Å²) in [6.07, 6.45) is 1.75. The topological polar surface area (TPSA) is 58.6 Å². The van der Waals surface area contributed by atoms with Gasteiger partial charge in [-0.05, 0) is 50.3 Å². The summed E-state index contributed by atoms with van der Waals surface area (Å²) in [7, 11) is 1.68. The number of carboxylic acid groups (broad SMARTS) is 1. The minimum Gasteiger partial charge on any atom is -0.494 e. The fourth-order valence-electron chi connectivity index (χ4n) is 2.14. The van der Waals surface area contributed by atoms with Gasteiger partial charge in [0.15, 0.2) is 0 Å². The minimum atomic E-state index is -0.736. The van der Waals surface area contributed by atoms with Gasteiger partial charge in [0, 0.05) is 13.0 Å². The summed E-state index contributed by atoms with van der Waals surface area (Å²) >= 11 is 0. The van der Waals surface area contributed by atoms with Crippen LogP contribution in [0.5, 0.6) is 5.75 Å². The Labute approximate surface area is 114 Å². The van der Waals surface area contributed by atoms with Crippen LogP contribution in [-0.4, -0.2) is 24.7 Å². The number of carboxylic acids is 1. The van der Waals surface area contributed by atoms with Crippen LogP contribution in [-0.2, 0) is 4.79 Å². The van der Waals surface area contributed by atoms with Crippen LogP contribution in [0.1, 0.15) is 36.0 Å². The Morgan fingerprint density at radius 3 is 2.53 bits per heavy atom. The molecule has 0 saturated heterocycles. The number of benzene rings is 1. The molecule has 0 aliphatic rings. The number of rotatable bonds is 7. The lowest BCUT2D eigenvalue weighted by Gasteiger charge is -2.18. The molecule has 2 N–H and O–H groups in total. The van der Waals surface area contributed by atoms with Gasteiger partial charge in [0.25, 0.3) is 0 Å². The summed E-state index contributed by atoms with van der Waals surface area (Å²) in [5.74, 6) is 0.149. The number of aliphatic carboxylic acids is 1. The maximum Gasteiger partial charge on any atom is 0.303 e. The number of ether oxygens (including phenoxy) is 1. The van der Waals surface area contributed by atoms with Crippen molar-refractivity contribution in [2.45, 2.75) is 40.0 Å². The number of methoxy groups -OCH3 is 1. The van der Waals surface area contributed by atoms with Gasteiger partial charge in [0.2, 0.25) is 0 Å². The lowest BCUT2D eigenvalue weighted by Crippen LogP contribution is -2.07. The second kappa shape index (κ2) is 7.02. The van der Waals surface area contributed by atoms with E-state index in [1.165, 1.54) is 5.56 Å². The lowest BCUT2D eigenvalue weighted by molar-refractivity contribution is -0.137. The quantitative estimate of drug-likeness (QED) is 0.743. The van der Waals surface area contributed by atoms with Crippen LogP contribution >= 0.6 is 0 Å². The van der Waals surface area contributed by atoms with Gasteiger partial charge in [-0.3, -0.25) is 4.79 Å². The summed E-state index contributed by atoms with van der Waals surface area (Å²) in [5.41, 5.74) is 4.52. The van der Waals surface area contributed by atoms with Gasteiger partial charge in [-0.2, -0.15) is 0 Å². The van der Waals surface area contributed by atoms with Crippen molar-refractivity contribution in [3.8, 4) is 5.75 Å². The van der Waals surface area contributed by atoms with E-state index in [0.29, 0.717) is 6.42 Å². The molecule has 0 heterocycles. The van der Waals surface area contributed by atoms with Crippen LogP contribution in [0.4, 0.5) is 5.69 Å². The van der Waals surface area contributed by atoms with Gasteiger partial charge < -0.3 is 15.2 Å². The molecule has 4 heteroatoms. The van der Waals surface area contributed by atoms with Crippen molar-refractivity contribution in [3.05, 3.63) is 22.8 Å². The molecule has 106 valence electrons. The van der Waals surface area contributed by atoms with E-state index in [0.717, 1.165) is 35.5 Å². The summed E-state index contributed by atoms with van der Waals surface area (Å²) in [6, 6.07) is 2.14. The summed E-state index contributed by atoms with van der Waals surface area (Å²) in [6.45, 7) is 6.92. The third-order valence-corrected chi connectivity index (χ3v) is 3.31. The molecule has 0 atom stereocenters. The first kappa shape index (κ1) is 15.3. The number of aryl methyl sites for hydroxylation is 2. The Balaban J connectivity index is 2.67. The first-order valence-corrected chi connectivity index (χ1v) is 6.57. The van der Waals surface area contributed by atoms with Gasteiger partial charge in [-0.1, -0.05) is 6.07 Å². The van der Waals surface area contributed by atoms with Crippen LogP contribution in [0.2, 0.25) is 0 Å². The molecule has 0 aromatic heterocycles. The molecule has 0 unspecified atom stereocenters. The zero-order valence-electron chi connectivity index (χ0n) is 12.2. The molecule has 0 spiro atoms. The predicted molar refractivity (Wildman–Crippen MR) is 77.2 cm³/mol. The van der Waals surface area contributed by atoms with Gasteiger partial charge in [0.05, 0.1) is 12.8 Å². The van der Waals surface area contributed by atoms with Crippen molar-refractivity contribution in [3.63, 3.8) is 0 Å². The molecule has 0 amide bonds. The Kier molecular flexibility index (Phi) is 5.67. The van der Waals surface area contributed by atoms with E-state index >= 15 is 0 Å². The first-order valence-electron chi connectivity index (χ1n) is 6.57. The van der Waals surface area contributed by atoms with Gasteiger partial charge >= 0.3 is 5.97 Å². The monoisotopic (exact) mass is 265 g/mol. The van der Waals surface area contributed by atoms with Crippen molar-refractivity contribution < 1.29 is 14.6 Å². The first-order chi connectivity index (χ1) is 8.97. The van der Waals surface area contributed by atoms with Crippen LogP contribution in [0.15, 0.2) is 6.07 Å². The Morgan fingerprint density at radius 2 is 1.95 bits per heavy atom. The molecule has 19 heavy (non-hydrogen) atoms. The van der Waals surface area contributed by atoms with Crippen molar-refractivity contribution in [2.75, 3.05) is 19.0 Å². The summed E-state index contributed by atoms with van der Waals surface area (Å²) in [5, 5.41) is 11.9. The lowest BCUT2D eigenvalue weighted by atomic mass is 10.0. The molecule has 4 nitrogen and oxygen atoms in total. The fourth-order valence-corrected chi connectivity index (χ4v) is 2.14. The van der Waals surface area contributed by atoms with E-state index in [9.17, 15) is 4.79 Å². The van der Waals surface area contributed by atoms with E-state index in [-0.39, 0.29) is 6.42 Å². The maximum atomic E-state index is 10.4. The normalized spacial score (nSPS) is 10.3. The highest BCUT2D eigenvalue weighted by Crippen LogP contribution is 2.34. The number of anilines is 1. The number of hydrogen-bond donors (Lipinski definition) is 2. The molecular weight excluding hydrogens is 242 g/mol. The second-order valence-corrected chi connectivity index (χ2v) is 4.82. The standard InChI is InChI=1S/C15H23NO3/c1-10-9-11(2)14(15(19-4)12(10)3)16-8-6-5-7-13(17)18/h9,16H,5-8H2,1-4H3,(H,17,18). The average Bonchev–Trinajstić information content (AvgIpc) is 2.34. The third kappa shape index (κ3) is 4.16. The number of hydrogen-bond acceptors (Lipinski definition) is 3. The Bertz CT molecular complexity index is 455. The van der Waals surface area contributed by atoms with E-state index in [2.05, 4.69) is 25.2 Å². The van der Waals surface area contributed by atoms with Gasteiger partial charge in [0.1, 0.15) is 5.75 Å². The largest absolute Gasteiger partial charge is 0.494 e. The van der Waals surface area contributed by atoms with E-state index < -0.39 is 5.97 Å². The minimum absolute atomic E-state index is 0.227. The molecule has 0 radical (unpaired) electrons. The molecule has 1 rings (SSSR count). The Morgan fingerprint density at radius 1 is 1.26 bits per heavy atom. The molecule has 0 aliphatic heterocycles. The highest BCUT2D eigenvalue weighted by atomic mass is 16.5. The number of nitrogens with one attached hydrogen (secondary N) is 1. The second-order valence-electron chi connectivity index (χ2n) is 4.82. The molecule has 0 aliphatic carbocycles. The fraction of sp³-hybridized carbons (Fsp3) is 0.533. The van der Waals surface area contributed by atoms with Crippen molar-refractivity contribution >= 4 is 11.7 Å².